The Kier molecular flexibility index (Phi) is 21.9. The molecule has 1 atom stereocenters. The Bertz CT molecular complexity index is 389. The molecule has 1 unspecified atom stereocenters. The summed E-state index contributed by atoms with van der Waals surface area (Å²) in [4.78, 5) is 12.1. The van der Waals surface area contributed by atoms with Crippen LogP contribution < -0.4 is 5.32 Å². The van der Waals surface area contributed by atoms with Gasteiger partial charge in [0.05, 0.1) is 6.61 Å². The Morgan fingerprint density at radius 2 is 1.03 bits per heavy atom. The van der Waals surface area contributed by atoms with Crippen molar-refractivity contribution in [3.63, 3.8) is 0 Å². The Balaban J connectivity index is 4.08. The van der Waals surface area contributed by atoms with E-state index in [4.69, 9.17) is 9.84 Å². The van der Waals surface area contributed by atoms with Crippen LogP contribution in [0.5, 0.6) is 0 Å². The van der Waals surface area contributed by atoms with Crippen LogP contribution in [0.3, 0.4) is 0 Å². The summed E-state index contributed by atoms with van der Waals surface area (Å²) in [7, 11) is 0. The number of ether oxygens (including phenoxy) is 1. The predicted octanol–water partition coefficient (Wildman–Crippen LogP) is 8.31. The van der Waals surface area contributed by atoms with Gasteiger partial charge in [0.1, 0.15) is 5.60 Å². The zero-order chi connectivity index (χ0) is 23.0. The minimum Gasteiger partial charge on any atom is -0.443 e. The van der Waals surface area contributed by atoms with Crippen LogP contribution in [0.1, 0.15) is 149 Å². The maximum atomic E-state index is 12.1. The number of hydrogen-bond donors (Lipinski definition) is 2. The van der Waals surface area contributed by atoms with Gasteiger partial charge >= 0.3 is 6.09 Å². The van der Waals surface area contributed by atoms with Gasteiger partial charge in [-0.15, -0.1) is 0 Å². The summed E-state index contributed by atoms with van der Waals surface area (Å²) in [6.45, 7) is 6.82. The highest BCUT2D eigenvalue weighted by atomic mass is 16.6. The van der Waals surface area contributed by atoms with Gasteiger partial charge in [0, 0.05) is 6.54 Å². The molecule has 0 saturated heterocycles. The molecule has 0 aliphatic rings. The Hall–Kier alpha value is -0.770. The first kappa shape index (κ1) is 30.2. The van der Waals surface area contributed by atoms with E-state index in [-0.39, 0.29) is 24.8 Å². The number of hydrogen-bond acceptors (Lipinski definition) is 3. The standard InChI is InChI=1S/C27H55NO3/c1-4-6-8-10-12-14-15-17-19-21-23-27(3,31-26(30)28-24-25-29)22-20-18-16-13-11-9-7-5-2/h29H,4-25H2,1-3H3,(H,28,30). The second-order valence-electron chi connectivity index (χ2n) is 9.65. The molecule has 0 aliphatic carbocycles. The molecule has 0 radical (unpaired) electrons. The van der Waals surface area contributed by atoms with E-state index >= 15 is 0 Å². The van der Waals surface area contributed by atoms with E-state index in [2.05, 4.69) is 26.1 Å². The van der Waals surface area contributed by atoms with Gasteiger partial charge in [-0.25, -0.2) is 4.79 Å². The summed E-state index contributed by atoms with van der Waals surface area (Å²) in [5.41, 5.74) is -0.387. The first-order chi connectivity index (χ1) is 15.1. The van der Waals surface area contributed by atoms with Crippen LogP contribution in [0.25, 0.3) is 0 Å². The number of amides is 1. The van der Waals surface area contributed by atoms with Gasteiger partial charge in [0.15, 0.2) is 0 Å². The SMILES string of the molecule is CCCCCCCCCCCCC(C)(CCCCCCCCCC)OC(=O)NCCO. The summed E-state index contributed by atoms with van der Waals surface area (Å²) in [6.07, 6.45) is 25.0. The van der Waals surface area contributed by atoms with Crippen LogP contribution in [-0.4, -0.2) is 30.0 Å². The largest absolute Gasteiger partial charge is 0.443 e. The maximum absolute atomic E-state index is 12.1. The lowest BCUT2D eigenvalue weighted by molar-refractivity contribution is 0.00786. The number of carbonyl (C=O) groups is 1. The first-order valence-electron chi connectivity index (χ1n) is 13.7. The van der Waals surface area contributed by atoms with Crippen LogP contribution in [0.4, 0.5) is 4.79 Å². The monoisotopic (exact) mass is 441 g/mol. The van der Waals surface area contributed by atoms with Gasteiger partial charge < -0.3 is 15.2 Å². The molecule has 0 heterocycles. The zero-order valence-electron chi connectivity index (χ0n) is 21.3. The molecule has 0 aromatic carbocycles. The third kappa shape index (κ3) is 20.9. The minimum atomic E-state index is -0.387. The Morgan fingerprint density at radius 3 is 1.39 bits per heavy atom. The maximum Gasteiger partial charge on any atom is 0.407 e. The van der Waals surface area contributed by atoms with Gasteiger partial charge in [0.25, 0.3) is 0 Å². The summed E-state index contributed by atoms with van der Waals surface area (Å²) in [5, 5.41) is 11.6. The molecule has 0 aliphatic heterocycles. The van der Waals surface area contributed by atoms with Crippen molar-refractivity contribution in [1.29, 1.82) is 0 Å². The summed E-state index contributed by atoms with van der Waals surface area (Å²) >= 11 is 0. The van der Waals surface area contributed by atoms with Crippen molar-refractivity contribution in [2.45, 2.75) is 155 Å². The molecule has 0 saturated carbocycles. The number of aliphatic hydroxyl groups is 1. The highest BCUT2D eigenvalue weighted by Crippen LogP contribution is 2.27. The molecule has 186 valence electrons. The van der Waals surface area contributed by atoms with E-state index in [9.17, 15) is 4.79 Å². The Labute approximate surface area is 194 Å². The van der Waals surface area contributed by atoms with Crippen molar-refractivity contribution in [3.05, 3.63) is 0 Å². The van der Waals surface area contributed by atoms with E-state index in [0.717, 1.165) is 25.7 Å². The van der Waals surface area contributed by atoms with Crippen molar-refractivity contribution >= 4 is 6.09 Å². The van der Waals surface area contributed by atoms with Crippen LogP contribution in [0.2, 0.25) is 0 Å². The van der Waals surface area contributed by atoms with E-state index in [0.29, 0.717) is 0 Å². The second kappa shape index (κ2) is 22.4. The molecule has 2 N–H and O–H groups in total. The number of alkyl carbamates (subject to hydrolysis) is 1. The Morgan fingerprint density at radius 1 is 0.677 bits per heavy atom. The van der Waals surface area contributed by atoms with Gasteiger partial charge in [-0.05, 0) is 32.6 Å². The normalized spacial score (nSPS) is 13.2. The second-order valence-corrected chi connectivity index (χ2v) is 9.65. The molecular weight excluding hydrogens is 386 g/mol. The van der Waals surface area contributed by atoms with Crippen molar-refractivity contribution < 1.29 is 14.6 Å². The van der Waals surface area contributed by atoms with Crippen molar-refractivity contribution in [2.24, 2.45) is 0 Å². The molecule has 0 fully saturated rings. The minimum absolute atomic E-state index is 0.0533. The highest BCUT2D eigenvalue weighted by molar-refractivity contribution is 5.67. The average molecular weight is 442 g/mol. The molecule has 0 aromatic heterocycles. The fraction of sp³-hybridized carbons (Fsp3) is 0.963. The lowest BCUT2D eigenvalue weighted by atomic mass is 9.91. The number of rotatable bonds is 23. The van der Waals surface area contributed by atoms with Gasteiger partial charge in [-0.2, -0.15) is 0 Å². The van der Waals surface area contributed by atoms with E-state index < -0.39 is 0 Å². The molecular formula is C27H55NO3. The highest BCUT2D eigenvalue weighted by Gasteiger charge is 2.27. The van der Waals surface area contributed by atoms with Gasteiger partial charge in [0.2, 0.25) is 0 Å². The molecule has 1 amide bonds. The van der Waals surface area contributed by atoms with E-state index in [1.165, 1.54) is 103 Å². The number of aliphatic hydroxyl groups excluding tert-OH is 1. The van der Waals surface area contributed by atoms with Crippen molar-refractivity contribution in [2.75, 3.05) is 13.2 Å². The fourth-order valence-corrected chi connectivity index (χ4v) is 4.26. The number of carbonyl (C=O) groups excluding carboxylic acids is 1. The fourth-order valence-electron chi connectivity index (χ4n) is 4.26. The van der Waals surface area contributed by atoms with E-state index in [1.807, 2.05) is 0 Å². The van der Waals surface area contributed by atoms with Crippen LogP contribution in [0.15, 0.2) is 0 Å². The quantitative estimate of drug-likeness (QED) is 0.157. The van der Waals surface area contributed by atoms with Gasteiger partial charge in [-0.3, -0.25) is 0 Å². The summed E-state index contributed by atoms with van der Waals surface area (Å²) < 4.78 is 5.82. The third-order valence-electron chi connectivity index (χ3n) is 6.34. The molecule has 4 nitrogen and oxygen atoms in total. The molecule has 31 heavy (non-hydrogen) atoms. The van der Waals surface area contributed by atoms with Crippen LogP contribution in [0, 0.1) is 0 Å². The molecule has 0 spiro atoms. The van der Waals surface area contributed by atoms with Gasteiger partial charge in [-0.1, -0.05) is 117 Å². The number of unbranched alkanes of at least 4 members (excludes halogenated alkanes) is 16. The predicted molar refractivity (Wildman–Crippen MR) is 134 cm³/mol. The van der Waals surface area contributed by atoms with Crippen molar-refractivity contribution in [3.8, 4) is 0 Å². The average Bonchev–Trinajstić information content (AvgIpc) is 2.75. The third-order valence-corrected chi connectivity index (χ3v) is 6.34. The van der Waals surface area contributed by atoms with Crippen molar-refractivity contribution in [1.82, 2.24) is 5.32 Å². The molecule has 0 bridgehead atoms. The van der Waals surface area contributed by atoms with Crippen LogP contribution >= 0.6 is 0 Å². The lowest BCUT2D eigenvalue weighted by Gasteiger charge is -2.30. The molecule has 0 rings (SSSR count). The summed E-state index contributed by atoms with van der Waals surface area (Å²) in [5.74, 6) is 0. The van der Waals surface area contributed by atoms with Crippen LogP contribution in [-0.2, 0) is 4.74 Å². The molecule has 4 heteroatoms. The number of nitrogens with one attached hydrogen (secondary N) is 1. The van der Waals surface area contributed by atoms with E-state index in [1.54, 1.807) is 0 Å². The topological polar surface area (TPSA) is 58.6 Å². The zero-order valence-corrected chi connectivity index (χ0v) is 21.3. The molecule has 0 aromatic rings. The lowest BCUT2D eigenvalue weighted by Crippen LogP contribution is -2.38. The first-order valence-corrected chi connectivity index (χ1v) is 13.7. The smallest absolute Gasteiger partial charge is 0.407 e. The summed E-state index contributed by atoms with van der Waals surface area (Å²) in [6, 6.07) is 0.